The Bertz CT molecular complexity index is 828. The molecule has 27 heavy (non-hydrogen) atoms. The molecule has 2 aromatic carbocycles. The number of hydrogen-bond donors (Lipinski definition) is 3. The van der Waals surface area contributed by atoms with Crippen LogP contribution in [0.3, 0.4) is 0 Å². The number of anilines is 2. The first-order chi connectivity index (χ1) is 13.0. The second-order valence-corrected chi connectivity index (χ2v) is 5.97. The summed E-state index contributed by atoms with van der Waals surface area (Å²) < 4.78 is 5.08. The molecule has 0 heterocycles. The fourth-order valence-corrected chi connectivity index (χ4v) is 2.52. The van der Waals surface area contributed by atoms with Gasteiger partial charge in [-0.2, -0.15) is 5.26 Å². The van der Waals surface area contributed by atoms with Gasteiger partial charge in [-0.15, -0.1) is 0 Å². The van der Waals surface area contributed by atoms with Crippen LogP contribution in [0.1, 0.15) is 12.5 Å². The number of nitriles is 1. The van der Waals surface area contributed by atoms with E-state index in [1.165, 1.54) is 0 Å². The number of ether oxygens (including phenoxy) is 1. The predicted molar refractivity (Wildman–Crippen MR) is 103 cm³/mol. The van der Waals surface area contributed by atoms with Gasteiger partial charge in [-0.1, -0.05) is 6.07 Å². The first kappa shape index (κ1) is 19.9. The third kappa shape index (κ3) is 6.45. The molecule has 0 radical (unpaired) electrons. The SMILES string of the molecule is CC[NH+](CC(=O)Nc1ccc(OC)cc1)CC(=O)Nc1cccc(C#N)c1. The molecule has 0 aliphatic heterocycles. The molecular formula is C20H23N4O3+. The third-order valence-corrected chi connectivity index (χ3v) is 3.97. The van der Waals surface area contributed by atoms with Gasteiger partial charge in [-0.3, -0.25) is 9.59 Å². The van der Waals surface area contributed by atoms with Crippen LogP contribution in [0.5, 0.6) is 5.75 Å². The van der Waals surface area contributed by atoms with Gasteiger partial charge in [0.15, 0.2) is 13.1 Å². The van der Waals surface area contributed by atoms with Crippen LogP contribution in [0.2, 0.25) is 0 Å². The minimum absolute atomic E-state index is 0.156. The average molecular weight is 367 g/mol. The van der Waals surface area contributed by atoms with Gasteiger partial charge in [0, 0.05) is 11.4 Å². The van der Waals surface area contributed by atoms with Crippen molar-refractivity contribution in [1.82, 2.24) is 0 Å². The van der Waals surface area contributed by atoms with Crippen LogP contribution >= 0.6 is 0 Å². The van der Waals surface area contributed by atoms with Crippen LogP contribution < -0.4 is 20.3 Å². The van der Waals surface area contributed by atoms with Crippen molar-refractivity contribution < 1.29 is 19.2 Å². The van der Waals surface area contributed by atoms with Gasteiger partial charge in [0.1, 0.15) is 5.75 Å². The van der Waals surface area contributed by atoms with E-state index in [0.29, 0.717) is 29.2 Å². The summed E-state index contributed by atoms with van der Waals surface area (Å²) >= 11 is 0. The zero-order valence-corrected chi connectivity index (χ0v) is 15.4. The summed E-state index contributed by atoms with van der Waals surface area (Å²) in [6.45, 7) is 2.87. The van der Waals surface area contributed by atoms with E-state index in [-0.39, 0.29) is 24.9 Å². The summed E-state index contributed by atoms with van der Waals surface area (Å²) in [5, 5.41) is 14.5. The third-order valence-electron chi connectivity index (χ3n) is 3.97. The Morgan fingerprint density at radius 2 is 1.67 bits per heavy atom. The van der Waals surface area contributed by atoms with Gasteiger partial charge in [0.2, 0.25) is 0 Å². The zero-order valence-electron chi connectivity index (χ0n) is 15.4. The summed E-state index contributed by atoms with van der Waals surface area (Å²) in [5.41, 5.74) is 1.72. The molecule has 7 heteroatoms. The lowest BCUT2D eigenvalue weighted by molar-refractivity contribution is -0.881. The molecule has 0 spiro atoms. The molecule has 140 valence electrons. The van der Waals surface area contributed by atoms with Crippen molar-refractivity contribution in [2.24, 2.45) is 0 Å². The highest BCUT2D eigenvalue weighted by molar-refractivity contribution is 5.93. The summed E-state index contributed by atoms with van der Waals surface area (Å²) in [7, 11) is 1.58. The van der Waals surface area contributed by atoms with E-state index in [2.05, 4.69) is 10.6 Å². The second kappa shape index (κ2) is 9.94. The summed E-state index contributed by atoms with van der Waals surface area (Å²) in [4.78, 5) is 25.3. The van der Waals surface area contributed by atoms with Crippen LogP contribution in [0.25, 0.3) is 0 Å². The van der Waals surface area contributed by atoms with Crippen molar-refractivity contribution in [3.63, 3.8) is 0 Å². The molecule has 2 rings (SSSR count). The number of methoxy groups -OCH3 is 1. The Kier molecular flexibility index (Phi) is 7.35. The molecule has 3 N–H and O–H groups in total. The number of amides is 2. The molecule has 1 unspecified atom stereocenters. The number of nitrogens with one attached hydrogen (secondary N) is 3. The largest absolute Gasteiger partial charge is 0.497 e. The molecule has 0 aliphatic rings. The van der Waals surface area contributed by atoms with Gasteiger partial charge in [0.25, 0.3) is 11.8 Å². The van der Waals surface area contributed by atoms with E-state index in [1.54, 1.807) is 55.6 Å². The molecule has 0 saturated carbocycles. The minimum Gasteiger partial charge on any atom is -0.497 e. The Labute approximate surface area is 158 Å². The fraction of sp³-hybridized carbons (Fsp3) is 0.250. The van der Waals surface area contributed by atoms with Crippen molar-refractivity contribution in [3.05, 3.63) is 54.1 Å². The van der Waals surface area contributed by atoms with Gasteiger partial charge >= 0.3 is 0 Å². The number of quaternary nitrogens is 1. The van der Waals surface area contributed by atoms with Crippen molar-refractivity contribution in [3.8, 4) is 11.8 Å². The standard InChI is InChI=1S/C20H22N4O3/c1-3-24(13-19(25)22-16-7-9-18(27-2)10-8-16)14-20(26)23-17-6-4-5-15(11-17)12-21/h4-11H,3,13-14H2,1-2H3,(H,22,25)(H,23,26)/p+1. The van der Waals surface area contributed by atoms with Crippen LogP contribution in [-0.4, -0.2) is 38.6 Å². The molecule has 0 aliphatic carbocycles. The monoisotopic (exact) mass is 367 g/mol. The Hall–Kier alpha value is -3.37. The lowest BCUT2D eigenvalue weighted by Crippen LogP contribution is -3.13. The molecule has 2 aromatic rings. The number of benzene rings is 2. The maximum Gasteiger partial charge on any atom is 0.279 e. The molecule has 0 saturated heterocycles. The molecule has 7 nitrogen and oxygen atoms in total. The lowest BCUT2D eigenvalue weighted by atomic mass is 10.2. The van der Waals surface area contributed by atoms with Crippen molar-refractivity contribution in [2.45, 2.75) is 6.92 Å². The van der Waals surface area contributed by atoms with E-state index in [1.807, 2.05) is 13.0 Å². The van der Waals surface area contributed by atoms with E-state index in [4.69, 9.17) is 10.00 Å². The molecular weight excluding hydrogens is 344 g/mol. The van der Waals surface area contributed by atoms with Gasteiger partial charge in [-0.25, -0.2) is 0 Å². The van der Waals surface area contributed by atoms with Crippen molar-refractivity contribution >= 4 is 23.2 Å². The summed E-state index contributed by atoms with van der Waals surface area (Å²) in [5.74, 6) is 0.335. The molecule has 1 atom stereocenters. The first-order valence-electron chi connectivity index (χ1n) is 8.61. The van der Waals surface area contributed by atoms with E-state index in [0.717, 1.165) is 4.90 Å². The van der Waals surface area contributed by atoms with E-state index >= 15 is 0 Å². The predicted octanol–water partition coefficient (Wildman–Crippen LogP) is 1.05. The van der Waals surface area contributed by atoms with Crippen LogP contribution in [0, 0.1) is 11.3 Å². The highest BCUT2D eigenvalue weighted by Gasteiger charge is 2.17. The van der Waals surface area contributed by atoms with Gasteiger partial charge in [-0.05, 0) is 49.4 Å². The Morgan fingerprint density at radius 1 is 1.04 bits per heavy atom. The average Bonchev–Trinajstić information content (AvgIpc) is 2.68. The smallest absolute Gasteiger partial charge is 0.279 e. The summed E-state index contributed by atoms with van der Waals surface area (Å²) in [6, 6.07) is 15.8. The van der Waals surface area contributed by atoms with Gasteiger partial charge < -0.3 is 20.3 Å². The van der Waals surface area contributed by atoms with Crippen LogP contribution in [0.15, 0.2) is 48.5 Å². The number of likely N-dealkylation sites (N-methyl/N-ethyl adjacent to an activating group) is 1. The van der Waals surface area contributed by atoms with Crippen LogP contribution in [0.4, 0.5) is 11.4 Å². The quantitative estimate of drug-likeness (QED) is 0.650. The van der Waals surface area contributed by atoms with Crippen molar-refractivity contribution in [2.75, 3.05) is 37.4 Å². The number of hydrogen-bond acceptors (Lipinski definition) is 4. The number of rotatable bonds is 8. The molecule has 0 bridgehead atoms. The fourth-order valence-electron chi connectivity index (χ4n) is 2.52. The maximum absolute atomic E-state index is 12.2. The second-order valence-electron chi connectivity index (χ2n) is 5.97. The first-order valence-corrected chi connectivity index (χ1v) is 8.61. The van der Waals surface area contributed by atoms with Crippen molar-refractivity contribution in [1.29, 1.82) is 5.26 Å². The number of carbonyl (C=O) groups is 2. The minimum atomic E-state index is -0.209. The van der Waals surface area contributed by atoms with Gasteiger partial charge in [0.05, 0.1) is 25.3 Å². The highest BCUT2D eigenvalue weighted by atomic mass is 16.5. The topological polar surface area (TPSA) is 95.7 Å². The number of nitrogens with zero attached hydrogens (tertiary/aromatic N) is 1. The van der Waals surface area contributed by atoms with E-state index in [9.17, 15) is 9.59 Å². The lowest BCUT2D eigenvalue weighted by Gasteiger charge is -2.17. The zero-order chi connectivity index (χ0) is 19.6. The summed E-state index contributed by atoms with van der Waals surface area (Å²) in [6.07, 6.45) is 0. The molecule has 0 aromatic heterocycles. The molecule has 2 amide bonds. The maximum atomic E-state index is 12.2. The Balaban J connectivity index is 1.86. The highest BCUT2D eigenvalue weighted by Crippen LogP contribution is 2.14. The number of carbonyl (C=O) groups excluding carboxylic acids is 2. The van der Waals surface area contributed by atoms with Crippen LogP contribution in [-0.2, 0) is 9.59 Å². The Morgan fingerprint density at radius 3 is 2.22 bits per heavy atom. The molecule has 0 fully saturated rings. The van der Waals surface area contributed by atoms with E-state index < -0.39 is 0 Å². The normalized spacial score (nSPS) is 11.1.